The number of hydrogen-bond acceptors (Lipinski definition) is 7. The zero-order valence-electron chi connectivity index (χ0n) is 16.8. The second kappa shape index (κ2) is 9.05. The molecule has 0 aliphatic carbocycles. The molecule has 1 aromatic carbocycles. The molecule has 4 heterocycles. The molecule has 0 spiro atoms. The predicted octanol–water partition coefficient (Wildman–Crippen LogP) is 4.64. The van der Waals surface area contributed by atoms with Crippen LogP contribution in [0, 0.1) is 0 Å². The molecule has 0 radical (unpaired) electrons. The van der Waals surface area contributed by atoms with Crippen LogP contribution in [0.15, 0.2) is 86.5 Å². The molecule has 0 fully saturated rings. The van der Waals surface area contributed by atoms with E-state index in [9.17, 15) is 4.79 Å². The van der Waals surface area contributed by atoms with Gasteiger partial charge in [-0.25, -0.2) is 5.01 Å². The van der Waals surface area contributed by atoms with Gasteiger partial charge in [-0.1, -0.05) is 35.5 Å². The van der Waals surface area contributed by atoms with Gasteiger partial charge < -0.3 is 13.4 Å². The Morgan fingerprint density at radius 3 is 2.69 bits per heavy atom. The van der Waals surface area contributed by atoms with Gasteiger partial charge in [-0.05, 0) is 42.0 Å². The van der Waals surface area contributed by atoms with Gasteiger partial charge in [0.05, 0.1) is 30.5 Å². The van der Waals surface area contributed by atoms with E-state index < -0.39 is 0 Å². The molecule has 8 nitrogen and oxygen atoms in total. The summed E-state index contributed by atoms with van der Waals surface area (Å²) in [5.41, 5.74) is 1.73. The summed E-state index contributed by atoms with van der Waals surface area (Å²) in [5, 5.41) is 15.5. The molecule has 32 heavy (non-hydrogen) atoms. The van der Waals surface area contributed by atoms with Gasteiger partial charge in [0.2, 0.25) is 0 Å². The van der Waals surface area contributed by atoms with Crippen molar-refractivity contribution in [3.8, 4) is 0 Å². The number of thioether (sulfide) groups is 1. The molecular weight excluding hydrogens is 450 g/mol. The smallest absolute Gasteiger partial charge is 0.253 e. The minimum atomic E-state index is -0.301. The lowest BCUT2D eigenvalue weighted by Crippen LogP contribution is -2.28. The van der Waals surface area contributed by atoms with Gasteiger partial charge in [-0.15, -0.1) is 10.2 Å². The first-order valence-electron chi connectivity index (χ1n) is 9.89. The number of carbonyl (C=O) groups excluding carboxylic acids is 1. The summed E-state index contributed by atoms with van der Waals surface area (Å²) in [6.45, 7) is 0.494. The summed E-state index contributed by atoms with van der Waals surface area (Å²) in [7, 11) is 0. The Kier molecular flexibility index (Phi) is 5.83. The fourth-order valence-electron chi connectivity index (χ4n) is 3.49. The highest BCUT2D eigenvalue weighted by atomic mass is 35.5. The third-order valence-corrected chi connectivity index (χ3v) is 6.24. The normalized spacial score (nSPS) is 15.8. The lowest BCUT2D eigenvalue weighted by molar-refractivity contribution is -0.130. The van der Waals surface area contributed by atoms with E-state index in [1.807, 2.05) is 53.1 Å². The zero-order chi connectivity index (χ0) is 21.9. The molecule has 3 aromatic heterocycles. The molecule has 0 N–H and O–H groups in total. The monoisotopic (exact) mass is 467 g/mol. The minimum Gasteiger partial charge on any atom is -0.467 e. The summed E-state index contributed by atoms with van der Waals surface area (Å²) in [6.07, 6.45) is 5.40. The molecule has 10 heteroatoms. The number of amides is 1. The molecule has 1 unspecified atom stereocenters. The Balaban J connectivity index is 1.33. The standard InChI is InChI=1S/C22H18ClN5O3S/c23-16-7-5-15(6-8-16)18-11-19(20-4-2-10-31-20)28(26-18)21(29)13-32-22-25-24-14-27(22)12-17-3-1-9-30-17/h1-10,14,19H,11-13H2. The third-order valence-electron chi connectivity index (χ3n) is 5.03. The number of aromatic nitrogens is 3. The molecule has 1 amide bonds. The van der Waals surface area contributed by atoms with E-state index in [1.165, 1.54) is 16.8 Å². The van der Waals surface area contributed by atoms with Crippen molar-refractivity contribution in [3.63, 3.8) is 0 Å². The fourth-order valence-corrected chi connectivity index (χ4v) is 4.38. The Hall–Kier alpha value is -3.30. The second-order valence-corrected chi connectivity index (χ2v) is 8.52. The van der Waals surface area contributed by atoms with Gasteiger partial charge in [-0.2, -0.15) is 5.10 Å². The van der Waals surface area contributed by atoms with Crippen molar-refractivity contribution in [2.24, 2.45) is 5.10 Å². The Bertz CT molecular complexity index is 1220. The molecule has 4 aromatic rings. The fraction of sp³-hybridized carbons (Fsp3) is 0.182. The van der Waals surface area contributed by atoms with Crippen LogP contribution in [-0.2, 0) is 11.3 Å². The van der Waals surface area contributed by atoms with E-state index in [0.29, 0.717) is 28.9 Å². The maximum absolute atomic E-state index is 13.2. The van der Waals surface area contributed by atoms with Crippen LogP contribution < -0.4 is 0 Å². The molecule has 0 bridgehead atoms. The van der Waals surface area contributed by atoms with Crippen molar-refractivity contribution in [3.05, 3.63) is 89.5 Å². The first kappa shape index (κ1) is 20.6. The molecule has 5 rings (SSSR count). The van der Waals surface area contributed by atoms with Crippen LogP contribution in [-0.4, -0.2) is 37.1 Å². The maximum Gasteiger partial charge on any atom is 0.253 e. The quantitative estimate of drug-likeness (QED) is 0.368. The molecule has 0 saturated carbocycles. The van der Waals surface area contributed by atoms with Crippen LogP contribution in [0.4, 0.5) is 0 Å². The number of rotatable bonds is 7. The van der Waals surface area contributed by atoms with Crippen LogP contribution in [0.5, 0.6) is 0 Å². The van der Waals surface area contributed by atoms with Gasteiger partial charge >= 0.3 is 0 Å². The Morgan fingerprint density at radius 2 is 1.94 bits per heavy atom. The van der Waals surface area contributed by atoms with E-state index in [-0.39, 0.29) is 17.7 Å². The summed E-state index contributed by atoms with van der Waals surface area (Å²) in [6, 6.07) is 14.5. The summed E-state index contributed by atoms with van der Waals surface area (Å²) >= 11 is 7.32. The second-order valence-electron chi connectivity index (χ2n) is 7.14. The number of furan rings is 2. The van der Waals surface area contributed by atoms with Crippen molar-refractivity contribution < 1.29 is 13.6 Å². The maximum atomic E-state index is 13.2. The lowest BCUT2D eigenvalue weighted by Gasteiger charge is -2.19. The number of nitrogens with zero attached hydrogens (tertiary/aromatic N) is 5. The molecule has 1 aliphatic heterocycles. The van der Waals surface area contributed by atoms with Crippen molar-refractivity contribution in [2.75, 3.05) is 5.75 Å². The van der Waals surface area contributed by atoms with Gasteiger partial charge in [0.1, 0.15) is 23.9 Å². The summed E-state index contributed by atoms with van der Waals surface area (Å²) < 4.78 is 12.8. The lowest BCUT2D eigenvalue weighted by atomic mass is 10.0. The Morgan fingerprint density at radius 1 is 1.12 bits per heavy atom. The molecule has 0 saturated heterocycles. The highest BCUT2D eigenvalue weighted by molar-refractivity contribution is 7.99. The van der Waals surface area contributed by atoms with Gasteiger partial charge in [0.25, 0.3) is 5.91 Å². The van der Waals surface area contributed by atoms with E-state index in [4.69, 9.17) is 20.4 Å². The number of benzene rings is 1. The minimum absolute atomic E-state index is 0.145. The van der Waals surface area contributed by atoms with Crippen molar-refractivity contribution in [1.82, 2.24) is 19.8 Å². The molecule has 162 valence electrons. The van der Waals surface area contributed by atoms with E-state index in [1.54, 1.807) is 18.9 Å². The summed E-state index contributed by atoms with van der Waals surface area (Å²) in [4.78, 5) is 13.2. The number of hydrogen-bond donors (Lipinski definition) is 0. The average Bonchev–Trinajstić information content (AvgIpc) is 3.60. The van der Waals surface area contributed by atoms with Gasteiger partial charge in [0, 0.05) is 11.4 Å². The third kappa shape index (κ3) is 4.35. The van der Waals surface area contributed by atoms with Crippen LogP contribution in [0.2, 0.25) is 5.02 Å². The highest BCUT2D eigenvalue weighted by Crippen LogP contribution is 2.34. The van der Waals surface area contributed by atoms with E-state index in [0.717, 1.165) is 17.0 Å². The van der Waals surface area contributed by atoms with E-state index in [2.05, 4.69) is 15.3 Å². The average molecular weight is 468 g/mol. The highest BCUT2D eigenvalue weighted by Gasteiger charge is 2.34. The first-order chi connectivity index (χ1) is 15.7. The molecular formula is C22H18ClN5O3S. The predicted molar refractivity (Wildman–Crippen MR) is 119 cm³/mol. The largest absolute Gasteiger partial charge is 0.467 e. The van der Waals surface area contributed by atoms with Gasteiger partial charge in [0.15, 0.2) is 5.16 Å². The van der Waals surface area contributed by atoms with Crippen molar-refractivity contribution >= 4 is 35.0 Å². The topological polar surface area (TPSA) is 89.7 Å². The summed E-state index contributed by atoms with van der Waals surface area (Å²) in [5.74, 6) is 1.49. The molecule has 1 aliphatic rings. The molecule has 1 atom stereocenters. The van der Waals surface area contributed by atoms with Crippen LogP contribution in [0.3, 0.4) is 0 Å². The first-order valence-corrected chi connectivity index (χ1v) is 11.3. The Labute approximate surface area is 192 Å². The van der Waals surface area contributed by atoms with Crippen molar-refractivity contribution in [2.45, 2.75) is 24.2 Å². The number of halogens is 1. The van der Waals surface area contributed by atoms with E-state index >= 15 is 0 Å². The SMILES string of the molecule is O=C(CSc1nncn1Cc1ccco1)N1N=C(c2ccc(Cl)cc2)CC1c1ccco1. The zero-order valence-corrected chi connectivity index (χ0v) is 18.4. The van der Waals surface area contributed by atoms with Gasteiger partial charge in [-0.3, -0.25) is 4.79 Å². The number of carbonyl (C=O) groups is 1. The van der Waals surface area contributed by atoms with Crippen LogP contribution >= 0.6 is 23.4 Å². The number of hydrazone groups is 1. The van der Waals surface area contributed by atoms with Crippen LogP contribution in [0.1, 0.15) is 29.5 Å². The van der Waals surface area contributed by atoms with Crippen LogP contribution in [0.25, 0.3) is 0 Å². The van der Waals surface area contributed by atoms with Crippen molar-refractivity contribution in [1.29, 1.82) is 0 Å².